The molecule has 0 unspecified atom stereocenters. The number of halogens is 1. The van der Waals surface area contributed by atoms with Crippen LogP contribution in [0.1, 0.15) is 12.2 Å². The lowest BCUT2D eigenvalue weighted by atomic mass is 10.2. The highest BCUT2D eigenvalue weighted by Crippen LogP contribution is 2.24. The Morgan fingerprint density at radius 1 is 1.00 bits per heavy atom. The van der Waals surface area contributed by atoms with Crippen LogP contribution >= 0.6 is 15.9 Å². The molecule has 21 heavy (non-hydrogen) atoms. The van der Waals surface area contributed by atoms with Gasteiger partial charge in [-0.15, -0.1) is 0 Å². The fourth-order valence-electron chi connectivity index (χ4n) is 2.58. The molecule has 0 atom stereocenters. The van der Waals surface area contributed by atoms with Crippen molar-refractivity contribution < 1.29 is 9.15 Å². The molecule has 3 nitrogen and oxygen atoms in total. The highest BCUT2D eigenvalue weighted by atomic mass is 79.9. The van der Waals surface area contributed by atoms with Crippen LogP contribution in [-0.4, -0.2) is 37.7 Å². The summed E-state index contributed by atoms with van der Waals surface area (Å²) >= 11 is 3.45. The van der Waals surface area contributed by atoms with Crippen LogP contribution in [0.3, 0.4) is 0 Å². The molecule has 1 aromatic heterocycles. The monoisotopic (exact) mass is 349 g/mol. The zero-order valence-electron chi connectivity index (χ0n) is 12.1. The van der Waals surface area contributed by atoms with Crippen molar-refractivity contribution in [2.45, 2.75) is 12.8 Å². The Labute approximate surface area is 134 Å². The molecule has 1 aliphatic heterocycles. The van der Waals surface area contributed by atoms with Crippen LogP contribution in [-0.2, 0) is 11.2 Å². The first-order valence-electron chi connectivity index (χ1n) is 7.46. The van der Waals surface area contributed by atoms with Crippen LogP contribution in [0.15, 0.2) is 45.3 Å². The summed E-state index contributed by atoms with van der Waals surface area (Å²) in [5.41, 5.74) is 1.12. The van der Waals surface area contributed by atoms with E-state index in [1.54, 1.807) is 0 Å². The average molecular weight is 350 g/mol. The summed E-state index contributed by atoms with van der Waals surface area (Å²) in [4.78, 5) is 2.46. The predicted octanol–water partition coefficient (Wildman–Crippen LogP) is 3.97. The van der Waals surface area contributed by atoms with Gasteiger partial charge in [-0.2, -0.15) is 0 Å². The van der Waals surface area contributed by atoms with Gasteiger partial charge in [-0.1, -0.05) is 28.1 Å². The van der Waals surface area contributed by atoms with Gasteiger partial charge in [0.15, 0.2) is 0 Å². The molecule has 1 saturated heterocycles. The molecule has 2 heterocycles. The largest absolute Gasteiger partial charge is 0.461 e. The summed E-state index contributed by atoms with van der Waals surface area (Å²) in [5, 5.41) is 0. The van der Waals surface area contributed by atoms with Gasteiger partial charge in [0.05, 0.1) is 13.2 Å². The minimum atomic E-state index is 0.870. The maximum Gasteiger partial charge on any atom is 0.134 e. The number of morpholine rings is 1. The van der Waals surface area contributed by atoms with Gasteiger partial charge < -0.3 is 9.15 Å². The number of nitrogens with zero attached hydrogens (tertiary/aromatic N) is 1. The van der Waals surface area contributed by atoms with E-state index >= 15 is 0 Å². The Hall–Kier alpha value is -1.10. The normalized spacial score (nSPS) is 16.2. The van der Waals surface area contributed by atoms with Crippen molar-refractivity contribution in [2.75, 3.05) is 32.8 Å². The Morgan fingerprint density at radius 3 is 2.52 bits per heavy atom. The smallest absolute Gasteiger partial charge is 0.134 e. The maximum absolute atomic E-state index is 5.94. The maximum atomic E-state index is 5.94. The van der Waals surface area contributed by atoms with Crippen LogP contribution in [0.4, 0.5) is 0 Å². The fraction of sp³-hybridized carbons (Fsp3) is 0.412. The van der Waals surface area contributed by atoms with E-state index in [1.807, 2.05) is 12.1 Å². The highest BCUT2D eigenvalue weighted by Gasteiger charge is 2.10. The number of ether oxygens (including phenoxy) is 1. The first kappa shape index (κ1) is 14.8. The summed E-state index contributed by atoms with van der Waals surface area (Å²) in [5.74, 6) is 2.02. The van der Waals surface area contributed by atoms with Gasteiger partial charge in [0, 0.05) is 29.5 Å². The molecule has 0 spiro atoms. The lowest BCUT2D eigenvalue weighted by Gasteiger charge is -2.26. The van der Waals surface area contributed by atoms with Crippen molar-refractivity contribution in [2.24, 2.45) is 0 Å². The highest BCUT2D eigenvalue weighted by molar-refractivity contribution is 9.10. The zero-order chi connectivity index (χ0) is 14.5. The Morgan fingerprint density at radius 2 is 1.76 bits per heavy atom. The third-order valence-corrected chi connectivity index (χ3v) is 4.32. The molecule has 0 saturated carbocycles. The second-order valence-corrected chi connectivity index (χ2v) is 6.25. The van der Waals surface area contributed by atoms with E-state index in [0.29, 0.717) is 0 Å². The molecule has 0 N–H and O–H groups in total. The van der Waals surface area contributed by atoms with E-state index in [9.17, 15) is 0 Å². The van der Waals surface area contributed by atoms with Crippen LogP contribution in [0.5, 0.6) is 0 Å². The summed E-state index contributed by atoms with van der Waals surface area (Å²) in [7, 11) is 0. The topological polar surface area (TPSA) is 25.6 Å². The van der Waals surface area contributed by atoms with Gasteiger partial charge >= 0.3 is 0 Å². The summed E-state index contributed by atoms with van der Waals surface area (Å²) in [6, 6.07) is 12.4. The lowest BCUT2D eigenvalue weighted by molar-refractivity contribution is 0.0373. The van der Waals surface area contributed by atoms with Crippen molar-refractivity contribution in [1.82, 2.24) is 4.90 Å². The van der Waals surface area contributed by atoms with Crippen LogP contribution in [0.25, 0.3) is 11.3 Å². The predicted molar refractivity (Wildman–Crippen MR) is 87.4 cm³/mol. The van der Waals surface area contributed by atoms with E-state index in [1.165, 1.54) is 0 Å². The van der Waals surface area contributed by atoms with E-state index in [2.05, 4.69) is 45.1 Å². The van der Waals surface area contributed by atoms with Gasteiger partial charge in [0.2, 0.25) is 0 Å². The zero-order valence-corrected chi connectivity index (χ0v) is 13.6. The Kier molecular flexibility index (Phi) is 5.12. The summed E-state index contributed by atoms with van der Waals surface area (Å²) < 4.78 is 12.4. The SMILES string of the molecule is Brc1ccc(-c2ccc(CCCN3CCOCC3)o2)cc1. The van der Waals surface area contributed by atoms with Crippen molar-refractivity contribution in [3.63, 3.8) is 0 Å². The molecule has 0 radical (unpaired) electrons. The van der Waals surface area contributed by atoms with Gasteiger partial charge in [-0.25, -0.2) is 0 Å². The Balaban J connectivity index is 1.51. The van der Waals surface area contributed by atoms with Gasteiger partial charge in [-0.05, 0) is 37.2 Å². The molecule has 0 aliphatic carbocycles. The molecule has 3 rings (SSSR count). The molecule has 0 amide bonds. The van der Waals surface area contributed by atoms with Crippen LogP contribution in [0.2, 0.25) is 0 Å². The molecule has 0 bridgehead atoms. The average Bonchev–Trinajstić information content (AvgIpc) is 2.98. The first-order valence-corrected chi connectivity index (χ1v) is 8.25. The number of hydrogen-bond acceptors (Lipinski definition) is 3. The number of rotatable bonds is 5. The quantitative estimate of drug-likeness (QED) is 0.816. The minimum Gasteiger partial charge on any atom is -0.461 e. The molecule has 112 valence electrons. The second-order valence-electron chi connectivity index (χ2n) is 5.33. The van der Waals surface area contributed by atoms with E-state index in [0.717, 1.165) is 67.2 Å². The van der Waals surface area contributed by atoms with Crippen LogP contribution in [0, 0.1) is 0 Å². The number of aryl methyl sites for hydroxylation is 1. The number of furan rings is 1. The Bertz CT molecular complexity index is 558. The second kappa shape index (κ2) is 7.25. The molecular formula is C17H20BrNO2. The minimum absolute atomic E-state index is 0.870. The molecule has 1 aliphatic rings. The molecule has 1 aromatic carbocycles. The third kappa shape index (κ3) is 4.19. The van der Waals surface area contributed by atoms with E-state index < -0.39 is 0 Å². The van der Waals surface area contributed by atoms with Crippen molar-refractivity contribution >= 4 is 15.9 Å². The number of hydrogen-bond donors (Lipinski definition) is 0. The van der Waals surface area contributed by atoms with Crippen molar-refractivity contribution in [3.8, 4) is 11.3 Å². The number of benzene rings is 1. The third-order valence-electron chi connectivity index (χ3n) is 3.79. The van der Waals surface area contributed by atoms with Crippen molar-refractivity contribution in [3.05, 3.63) is 46.6 Å². The van der Waals surface area contributed by atoms with Crippen molar-refractivity contribution in [1.29, 1.82) is 0 Å². The molecule has 1 fully saturated rings. The summed E-state index contributed by atoms with van der Waals surface area (Å²) in [6.45, 7) is 4.98. The van der Waals surface area contributed by atoms with Gasteiger partial charge in [0.25, 0.3) is 0 Å². The van der Waals surface area contributed by atoms with Gasteiger partial charge in [-0.3, -0.25) is 4.90 Å². The first-order chi connectivity index (χ1) is 10.3. The summed E-state index contributed by atoms with van der Waals surface area (Å²) in [6.07, 6.45) is 2.13. The molecule has 4 heteroatoms. The van der Waals surface area contributed by atoms with Gasteiger partial charge in [0.1, 0.15) is 11.5 Å². The van der Waals surface area contributed by atoms with E-state index in [-0.39, 0.29) is 0 Å². The lowest BCUT2D eigenvalue weighted by Crippen LogP contribution is -2.36. The van der Waals surface area contributed by atoms with Crippen LogP contribution < -0.4 is 0 Å². The molecular weight excluding hydrogens is 330 g/mol. The molecule has 2 aromatic rings. The van der Waals surface area contributed by atoms with E-state index in [4.69, 9.17) is 9.15 Å². The fourth-order valence-corrected chi connectivity index (χ4v) is 2.85. The standard InChI is InChI=1S/C17H20BrNO2/c18-15-5-3-14(4-6-15)17-8-7-16(21-17)2-1-9-19-10-12-20-13-11-19/h3-8H,1-2,9-13H2.